The topological polar surface area (TPSA) is 133 Å². The Hall–Kier alpha value is -2.13. The van der Waals surface area contributed by atoms with Gasteiger partial charge in [-0.05, 0) is 61.1 Å². The summed E-state index contributed by atoms with van der Waals surface area (Å²) in [5.74, 6) is 0.395. The first-order chi connectivity index (χ1) is 12.0. The quantitative estimate of drug-likeness (QED) is 0.184. The number of aryl methyl sites for hydroxylation is 1. The molecule has 6 N–H and O–H groups in total. The highest BCUT2D eigenvalue weighted by atomic mass is 16.4. The summed E-state index contributed by atoms with van der Waals surface area (Å²) in [6, 6.07) is 0. The Bertz CT molecular complexity index is 628. The number of rotatable bonds is 10. The van der Waals surface area contributed by atoms with Gasteiger partial charge in [-0.1, -0.05) is 10.3 Å². The van der Waals surface area contributed by atoms with E-state index in [1.165, 1.54) is 0 Å². The van der Waals surface area contributed by atoms with Crippen LogP contribution in [0.5, 0.6) is 0 Å². The van der Waals surface area contributed by atoms with Crippen LogP contribution in [-0.2, 0) is 6.54 Å². The van der Waals surface area contributed by atoms with Crippen LogP contribution < -0.4 is 16.4 Å². The van der Waals surface area contributed by atoms with Crippen molar-refractivity contribution in [3.63, 3.8) is 0 Å². The Morgan fingerprint density at radius 3 is 2.19 bits per heavy atom. The summed E-state index contributed by atoms with van der Waals surface area (Å²) >= 11 is 0. The maximum atomic E-state index is 9.46. The number of nitrogen functional groups attached to an aromatic ring is 1. The van der Waals surface area contributed by atoms with E-state index in [9.17, 15) is 5.21 Å². The van der Waals surface area contributed by atoms with E-state index in [1.54, 1.807) is 17.7 Å². The molecule has 26 heavy (non-hydrogen) atoms. The van der Waals surface area contributed by atoms with E-state index >= 15 is 0 Å². The van der Waals surface area contributed by atoms with Crippen molar-refractivity contribution in [2.24, 2.45) is 10.3 Å². The third-order valence-electron chi connectivity index (χ3n) is 4.78. The lowest BCUT2D eigenvalue weighted by molar-refractivity contribution is 0.307. The van der Waals surface area contributed by atoms with Gasteiger partial charge >= 0.3 is 0 Å². The van der Waals surface area contributed by atoms with Crippen molar-refractivity contribution in [1.82, 2.24) is 20.2 Å². The van der Waals surface area contributed by atoms with Crippen LogP contribution in [0.25, 0.3) is 0 Å². The van der Waals surface area contributed by atoms with Crippen molar-refractivity contribution in [2.45, 2.75) is 65.6 Å². The molecule has 1 rings (SSSR count). The molecule has 0 atom stereocenters. The Morgan fingerprint density at radius 2 is 1.73 bits per heavy atom. The first-order valence-electron chi connectivity index (χ1n) is 8.73. The van der Waals surface area contributed by atoms with Crippen molar-refractivity contribution in [2.75, 3.05) is 18.8 Å². The highest BCUT2D eigenvalue weighted by Crippen LogP contribution is 2.13. The maximum absolute atomic E-state index is 9.46. The van der Waals surface area contributed by atoms with Gasteiger partial charge in [0.25, 0.3) is 0 Å². The highest BCUT2D eigenvalue weighted by Gasteiger charge is 2.26. The van der Waals surface area contributed by atoms with E-state index in [4.69, 9.17) is 10.9 Å². The second kappa shape index (κ2) is 9.00. The summed E-state index contributed by atoms with van der Waals surface area (Å²) < 4.78 is 1.81. The van der Waals surface area contributed by atoms with Gasteiger partial charge in [0, 0.05) is 5.69 Å². The first-order valence-corrected chi connectivity index (χ1v) is 8.73. The van der Waals surface area contributed by atoms with Crippen molar-refractivity contribution in [1.29, 1.82) is 0 Å². The largest absolute Gasteiger partial charge is 0.411 e. The molecule has 0 saturated heterocycles. The zero-order valence-corrected chi connectivity index (χ0v) is 16.7. The predicted octanol–water partition coefficient (Wildman–Crippen LogP) is 1.58. The molecule has 0 fully saturated rings. The fourth-order valence-corrected chi connectivity index (χ4v) is 2.43. The van der Waals surface area contributed by atoms with Crippen LogP contribution >= 0.6 is 0 Å². The first kappa shape index (κ1) is 21.9. The Kier molecular flexibility index (Phi) is 7.58. The molecule has 0 saturated carbocycles. The van der Waals surface area contributed by atoms with Gasteiger partial charge in [0.2, 0.25) is 5.95 Å². The SMILES string of the molecule is C/C(=N\O)C(C)(C)NCCCNC(C)(C)/C(Cn1c(C)cnc1N)=N/O. The molecule has 1 aromatic rings. The highest BCUT2D eigenvalue weighted by molar-refractivity contribution is 5.92. The van der Waals surface area contributed by atoms with Crippen LogP contribution in [0.4, 0.5) is 5.95 Å². The number of nitrogens with two attached hydrogens (primary N) is 1. The molecule has 0 aliphatic rings. The Morgan fingerprint density at radius 1 is 1.15 bits per heavy atom. The summed E-state index contributed by atoms with van der Waals surface area (Å²) in [6.07, 6.45) is 2.55. The normalized spacial score (nSPS) is 14.1. The molecule has 0 radical (unpaired) electrons. The van der Waals surface area contributed by atoms with Crippen LogP contribution in [0.1, 0.15) is 46.7 Å². The lowest BCUT2D eigenvalue weighted by Gasteiger charge is -2.29. The minimum absolute atomic E-state index is 0.363. The average molecular weight is 367 g/mol. The van der Waals surface area contributed by atoms with Gasteiger partial charge in [-0.3, -0.25) is 0 Å². The predicted molar refractivity (Wildman–Crippen MR) is 104 cm³/mol. The van der Waals surface area contributed by atoms with Crippen molar-refractivity contribution < 1.29 is 10.4 Å². The Labute approximate surface area is 155 Å². The Balaban J connectivity index is 2.54. The second-order valence-corrected chi connectivity index (χ2v) is 7.53. The van der Waals surface area contributed by atoms with Crippen molar-refractivity contribution >= 4 is 17.4 Å². The molecule has 148 valence electrons. The number of hydrogen-bond acceptors (Lipinski definition) is 8. The molecule has 0 spiro atoms. The third-order valence-corrected chi connectivity index (χ3v) is 4.78. The summed E-state index contributed by atoms with van der Waals surface area (Å²) in [5.41, 5.74) is 7.11. The molecular formula is C17H33N7O2. The number of anilines is 1. The fourth-order valence-electron chi connectivity index (χ4n) is 2.43. The molecule has 9 heteroatoms. The van der Waals surface area contributed by atoms with E-state index in [1.807, 2.05) is 34.6 Å². The lowest BCUT2D eigenvalue weighted by atomic mass is 9.97. The number of nitrogens with one attached hydrogen (secondary N) is 2. The molecule has 9 nitrogen and oxygen atoms in total. The molecule has 1 aromatic heterocycles. The van der Waals surface area contributed by atoms with Gasteiger partial charge in [-0.15, -0.1) is 0 Å². The second-order valence-electron chi connectivity index (χ2n) is 7.53. The molecule has 0 aliphatic carbocycles. The number of aromatic nitrogens is 2. The summed E-state index contributed by atoms with van der Waals surface area (Å²) in [4.78, 5) is 4.06. The van der Waals surface area contributed by atoms with Crippen LogP contribution in [0.15, 0.2) is 16.5 Å². The average Bonchev–Trinajstić information content (AvgIpc) is 2.89. The minimum atomic E-state index is -0.504. The third kappa shape index (κ3) is 5.70. The molecule has 0 unspecified atom stereocenters. The van der Waals surface area contributed by atoms with Gasteiger partial charge in [0.05, 0.1) is 35.2 Å². The smallest absolute Gasteiger partial charge is 0.200 e. The van der Waals surface area contributed by atoms with E-state index in [0.29, 0.717) is 23.9 Å². The molecule has 0 aliphatic heterocycles. The monoisotopic (exact) mass is 367 g/mol. The van der Waals surface area contributed by atoms with Crippen LogP contribution in [0.2, 0.25) is 0 Å². The molecule has 0 amide bonds. The van der Waals surface area contributed by atoms with Crippen LogP contribution in [0.3, 0.4) is 0 Å². The molecule has 1 heterocycles. The number of nitrogens with zero attached hydrogens (tertiary/aromatic N) is 4. The number of imidazole rings is 1. The van der Waals surface area contributed by atoms with Crippen LogP contribution in [0, 0.1) is 6.92 Å². The van der Waals surface area contributed by atoms with Crippen molar-refractivity contribution in [3.8, 4) is 0 Å². The number of hydrogen-bond donors (Lipinski definition) is 5. The van der Waals surface area contributed by atoms with E-state index in [0.717, 1.165) is 25.2 Å². The standard InChI is InChI=1S/C17H33N7O2/c1-12-10-19-15(18)24(12)11-14(23-26)17(5,6)21-9-7-8-20-16(3,4)13(2)22-25/h10,20-21,25-26H,7-9,11H2,1-6H3,(H2,18,19)/b22-13+,23-14+. The molecular weight excluding hydrogens is 334 g/mol. The van der Waals surface area contributed by atoms with Gasteiger partial charge in [0.1, 0.15) is 0 Å². The molecule has 0 aromatic carbocycles. The zero-order chi connectivity index (χ0) is 20.0. The van der Waals surface area contributed by atoms with Crippen molar-refractivity contribution in [3.05, 3.63) is 11.9 Å². The fraction of sp³-hybridized carbons (Fsp3) is 0.706. The summed E-state index contributed by atoms with van der Waals surface area (Å²) in [6.45, 7) is 13.4. The summed E-state index contributed by atoms with van der Waals surface area (Å²) in [5, 5.41) is 31.9. The number of oxime groups is 2. The van der Waals surface area contributed by atoms with Crippen LogP contribution in [-0.4, -0.2) is 55.6 Å². The zero-order valence-electron chi connectivity index (χ0n) is 16.7. The van der Waals surface area contributed by atoms with Gasteiger partial charge in [-0.25, -0.2) is 4.98 Å². The van der Waals surface area contributed by atoms with Gasteiger partial charge < -0.3 is 31.3 Å². The van der Waals surface area contributed by atoms with E-state index in [-0.39, 0.29) is 5.54 Å². The summed E-state index contributed by atoms with van der Waals surface area (Å²) in [7, 11) is 0. The minimum Gasteiger partial charge on any atom is -0.411 e. The van der Waals surface area contributed by atoms with E-state index in [2.05, 4.69) is 25.9 Å². The molecule has 0 bridgehead atoms. The van der Waals surface area contributed by atoms with Gasteiger partial charge in [0.15, 0.2) is 0 Å². The van der Waals surface area contributed by atoms with Gasteiger partial charge in [-0.2, -0.15) is 0 Å². The van der Waals surface area contributed by atoms with E-state index < -0.39 is 5.54 Å². The lowest BCUT2D eigenvalue weighted by Crippen LogP contribution is -2.50. The maximum Gasteiger partial charge on any atom is 0.200 e.